The summed E-state index contributed by atoms with van der Waals surface area (Å²) in [5.41, 5.74) is 1.27. The van der Waals surface area contributed by atoms with Crippen LogP contribution >= 0.6 is 0 Å². The average Bonchev–Trinajstić information content (AvgIpc) is 3.20. The first-order valence-corrected chi connectivity index (χ1v) is 8.01. The van der Waals surface area contributed by atoms with Gasteiger partial charge in [-0.1, -0.05) is 35.5 Å². The molecule has 23 heavy (non-hydrogen) atoms. The SMILES string of the molecule is CO[C@H]1C[C@@H](CO)N(Cc2nc(CCc3ccccc3)no2)C1. The summed E-state index contributed by atoms with van der Waals surface area (Å²) in [6.45, 7) is 1.46. The van der Waals surface area contributed by atoms with Gasteiger partial charge in [-0.05, 0) is 18.4 Å². The fourth-order valence-corrected chi connectivity index (χ4v) is 3.02. The maximum absolute atomic E-state index is 9.48. The summed E-state index contributed by atoms with van der Waals surface area (Å²) >= 11 is 0. The largest absolute Gasteiger partial charge is 0.395 e. The van der Waals surface area contributed by atoms with Crippen molar-refractivity contribution in [2.24, 2.45) is 0 Å². The number of hydrogen-bond donors (Lipinski definition) is 1. The molecule has 0 radical (unpaired) electrons. The van der Waals surface area contributed by atoms with Crippen LogP contribution in [0.1, 0.15) is 23.7 Å². The highest BCUT2D eigenvalue weighted by atomic mass is 16.5. The Morgan fingerprint density at radius 3 is 2.87 bits per heavy atom. The van der Waals surface area contributed by atoms with Crippen LogP contribution in [0.5, 0.6) is 0 Å². The monoisotopic (exact) mass is 317 g/mol. The van der Waals surface area contributed by atoms with Crippen LogP contribution in [0.3, 0.4) is 0 Å². The van der Waals surface area contributed by atoms with Gasteiger partial charge in [0.15, 0.2) is 5.82 Å². The predicted octanol–water partition coefficient (Wildman–Crippen LogP) is 1.44. The molecule has 1 aromatic carbocycles. The van der Waals surface area contributed by atoms with Gasteiger partial charge in [0, 0.05) is 26.1 Å². The van der Waals surface area contributed by atoms with Gasteiger partial charge < -0.3 is 14.4 Å². The molecule has 0 saturated carbocycles. The fraction of sp³-hybridized carbons (Fsp3) is 0.529. The molecule has 1 fully saturated rings. The second kappa shape index (κ2) is 7.68. The Kier molecular flexibility index (Phi) is 5.38. The number of nitrogens with zero attached hydrogens (tertiary/aromatic N) is 3. The maximum Gasteiger partial charge on any atom is 0.240 e. The summed E-state index contributed by atoms with van der Waals surface area (Å²) in [6, 6.07) is 10.4. The minimum atomic E-state index is 0.0969. The average molecular weight is 317 g/mol. The van der Waals surface area contributed by atoms with Crippen LogP contribution in [0.25, 0.3) is 0 Å². The molecule has 1 aliphatic rings. The van der Waals surface area contributed by atoms with Gasteiger partial charge in [0.05, 0.1) is 19.3 Å². The van der Waals surface area contributed by atoms with E-state index >= 15 is 0 Å². The molecule has 0 unspecified atom stereocenters. The molecule has 2 aromatic rings. The van der Waals surface area contributed by atoms with Gasteiger partial charge in [0.25, 0.3) is 0 Å². The second-order valence-electron chi connectivity index (χ2n) is 5.95. The molecular weight excluding hydrogens is 294 g/mol. The molecule has 1 saturated heterocycles. The van der Waals surface area contributed by atoms with E-state index in [2.05, 4.69) is 27.2 Å². The molecular formula is C17H23N3O3. The quantitative estimate of drug-likeness (QED) is 0.833. The highest BCUT2D eigenvalue weighted by Crippen LogP contribution is 2.21. The molecule has 6 nitrogen and oxygen atoms in total. The highest BCUT2D eigenvalue weighted by molar-refractivity contribution is 5.15. The highest BCUT2D eigenvalue weighted by Gasteiger charge is 2.32. The van der Waals surface area contributed by atoms with Gasteiger partial charge in [-0.3, -0.25) is 4.90 Å². The van der Waals surface area contributed by atoms with E-state index < -0.39 is 0 Å². The minimum Gasteiger partial charge on any atom is -0.395 e. The fourth-order valence-electron chi connectivity index (χ4n) is 3.02. The molecule has 0 spiro atoms. The van der Waals surface area contributed by atoms with Crippen molar-refractivity contribution in [2.75, 3.05) is 20.3 Å². The van der Waals surface area contributed by atoms with Gasteiger partial charge in [0.1, 0.15) is 0 Å². The van der Waals surface area contributed by atoms with E-state index in [-0.39, 0.29) is 18.8 Å². The number of likely N-dealkylation sites (tertiary alicyclic amines) is 1. The molecule has 0 aliphatic carbocycles. The van der Waals surface area contributed by atoms with E-state index in [0.717, 1.165) is 31.6 Å². The Labute approximate surface area is 136 Å². The van der Waals surface area contributed by atoms with Crippen molar-refractivity contribution in [2.45, 2.75) is 38.0 Å². The van der Waals surface area contributed by atoms with Crippen molar-refractivity contribution in [3.63, 3.8) is 0 Å². The third-order valence-corrected chi connectivity index (χ3v) is 4.36. The van der Waals surface area contributed by atoms with Crippen LogP contribution < -0.4 is 0 Å². The Balaban J connectivity index is 1.55. The molecule has 0 amide bonds. The van der Waals surface area contributed by atoms with Crippen molar-refractivity contribution in [1.29, 1.82) is 0 Å². The maximum atomic E-state index is 9.48. The van der Waals surface area contributed by atoms with Crippen molar-refractivity contribution in [3.05, 3.63) is 47.6 Å². The number of aryl methyl sites for hydroxylation is 2. The van der Waals surface area contributed by atoms with Gasteiger partial charge >= 0.3 is 0 Å². The summed E-state index contributed by atoms with van der Waals surface area (Å²) in [6.07, 6.45) is 2.65. The first-order chi connectivity index (χ1) is 11.3. The molecule has 0 bridgehead atoms. The second-order valence-corrected chi connectivity index (χ2v) is 5.95. The molecule has 124 valence electrons. The zero-order valence-electron chi connectivity index (χ0n) is 13.4. The summed E-state index contributed by atoms with van der Waals surface area (Å²) < 4.78 is 10.7. The lowest BCUT2D eigenvalue weighted by molar-refractivity contribution is 0.104. The first-order valence-electron chi connectivity index (χ1n) is 8.01. The van der Waals surface area contributed by atoms with Gasteiger partial charge in [0.2, 0.25) is 5.89 Å². The molecule has 6 heteroatoms. The summed E-state index contributed by atoms with van der Waals surface area (Å²) in [7, 11) is 1.71. The van der Waals surface area contributed by atoms with Crippen molar-refractivity contribution in [3.8, 4) is 0 Å². The van der Waals surface area contributed by atoms with Crippen LogP contribution in [0.4, 0.5) is 0 Å². The number of aliphatic hydroxyl groups excluding tert-OH is 1. The Morgan fingerprint density at radius 1 is 1.30 bits per heavy atom. The third kappa shape index (κ3) is 4.16. The topological polar surface area (TPSA) is 71.6 Å². The molecule has 3 rings (SSSR count). The number of benzene rings is 1. The number of ether oxygens (including phenoxy) is 1. The van der Waals surface area contributed by atoms with Gasteiger partial charge in [-0.2, -0.15) is 4.98 Å². The summed E-state index contributed by atoms with van der Waals surface area (Å²) in [5, 5.41) is 13.5. The lowest BCUT2D eigenvalue weighted by Gasteiger charge is -2.19. The van der Waals surface area contributed by atoms with E-state index in [0.29, 0.717) is 12.4 Å². The van der Waals surface area contributed by atoms with Crippen molar-refractivity contribution in [1.82, 2.24) is 15.0 Å². The predicted molar refractivity (Wildman–Crippen MR) is 84.8 cm³/mol. The van der Waals surface area contributed by atoms with Crippen molar-refractivity contribution >= 4 is 0 Å². The Morgan fingerprint density at radius 2 is 2.13 bits per heavy atom. The molecule has 2 atom stereocenters. The lowest BCUT2D eigenvalue weighted by Crippen LogP contribution is -2.32. The Hall–Kier alpha value is -1.76. The summed E-state index contributed by atoms with van der Waals surface area (Å²) in [5.74, 6) is 1.33. The smallest absolute Gasteiger partial charge is 0.240 e. The number of aliphatic hydroxyl groups is 1. The standard InChI is InChI=1S/C17H23N3O3/c1-22-15-9-14(12-21)20(10-15)11-17-18-16(19-23-17)8-7-13-5-3-2-4-6-13/h2-6,14-15,21H,7-12H2,1H3/t14-,15-/m0/s1. The number of aromatic nitrogens is 2. The van der Waals surface area contributed by atoms with E-state index in [1.165, 1.54) is 5.56 Å². The van der Waals surface area contributed by atoms with Crippen LogP contribution in [0.15, 0.2) is 34.9 Å². The zero-order chi connectivity index (χ0) is 16.1. The molecule has 2 heterocycles. The third-order valence-electron chi connectivity index (χ3n) is 4.36. The van der Waals surface area contributed by atoms with E-state index in [1.54, 1.807) is 7.11 Å². The first kappa shape index (κ1) is 16.1. The van der Waals surface area contributed by atoms with E-state index in [4.69, 9.17) is 9.26 Å². The van der Waals surface area contributed by atoms with E-state index in [1.807, 2.05) is 18.2 Å². The molecule has 1 N–H and O–H groups in total. The molecule has 1 aromatic heterocycles. The van der Waals surface area contributed by atoms with Crippen LogP contribution in [0.2, 0.25) is 0 Å². The Bertz CT molecular complexity index is 602. The van der Waals surface area contributed by atoms with Gasteiger partial charge in [-0.15, -0.1) is 0 Å². The van der Waals surface area contributed by atoms with Crippen molar-refractivity contribution < 1.29 is 14.4 Å². The number of rotatable bonds is 7. The van der Waals surface area contributed by atoms with Crippen LogP contribution in [0, 0.1) is 0 Å². The summed E-state index contributed by atoms with van der Waals surface area (Å²) in [4.78, 5) is 6.61. The van der Waals surface area contributed by atoms with E-state index in [9.17, 15) is 5.11 Å². The van der Waals surface area contributed by atoms with Gasteiger partial charge in [-0.25, -0.2) is 0 Å². The number of methoxy groups -OCH3 is 1. The minimum absolute atomic E-state index is 0.0969. The lowest BCUT2D eigenvalue weighted by atomic mass is 10.1. The number of hydrogen-bond acceptors (Lipinski definition) is 6. The molecule has 1 aliphatic heterocycles. The zero-order valence-corrected chi connectivity index (χ0v) is 13.4. The van der Waals surface area contributed by atoms with Crippen LogP contribution in [-0.4, -0.2) is 52.6 Å². The normalized spacial score (nSPS) is 21.8. The van der Waals surface area contributed by atoms with Crippen LogP contribution in [-0.2, 0) is 24.1 Å².